The fraction of sp³-hybridized carbons (Fsp3) is 0.429. The van der Waals surface area contributed by atoms with Crippen molar-refractivity contribution in [3.63, 3.8) is 0 Å². The minimum atomic E-state index is -0.716. The van der Waals surface area contributed by atoms with Crippen LogP contribution in [0.2, 0.25) is 0 Å². The fourth-order valence-electron chi connectivity index (χ4n) is 2.24. The van der Waals surface area contributed by atoms with Gasteiger partial charge in [0.05, 0.1) is 20.3 Å². The summed E-state index contributed by atoms with van der Waals surface area (Å²) in [5.74, 6) is 1.41. The third-order valence-corrected chi connectivity index (χ3v) is 3.26. The highest BCUT2D eigenvalue weighted by Gasteiger charge is 2.22. The smallest absolute Gasteiger partial charge is 0.312 e. The van der Waals surface area contributed by atoms with Gasteiger partial charge in [-0.15, -0.1) is 0 Å². The van der Waals surface area contributed by atoms with Crippen molar-refractivity contribution in [2.45, 2.75) is 6.42 Å². The van der Waals surface area contributed by atoms with Crippen LogP contribution in [-0.4, -0.2) is 38.7 Å². The Hall–Kier alpha value is -2.44. The molecule has 0 unspecified atom stereocenters. The van der Waals surface area contributed by atoms with E-state index in [1.165, 1.54) is 0 Å². The van der Waals surface area contributed by atoms with Crippen molar-refractivity contribution in [1.29, 1.82) is 0 Å². The van der Waals surface area contributed by atoms with Crippen LogP contribution in [0.5, 0.6) is 11.5 Å². The topological polar surface area (TPSA) is 103 Å². The molecule has 0 aromatic heterocycles. The molecule has 0 spiro atoms. The van der Waals surface area contributed by atoms with Gasteiger partial charge in [-0.3, -0.25) is 4.79 Å². The Kier molecular flexibility index (Phi) is 4.86. The molecule has 0 bridgehead atoms. The van der Waals surface area contributed by atoms with Gasteiger partial charge in [0.1, 0.15) is 0 Å². The van der Waals surface area contributed by atoms with Gasteiger partial charge >= 0.3 is 6.03 Å². The molecular weight excluding hydrogens is 274 g/mol. The quantitative estimate of drug-likeness (QED) is 0.712. The molecular formula is C14H19N3O4. The molecule has 0 saturated carbocycles. The molecule has 7 nitrogen and oxygen atoms in total. The monoisotopic (exact) mass is 293 g/mol. The van der Waals surface area contributed by atoms with Crippen LogP contribution < -0.4 is 25.8 Å². The number of primary amides is 1. The molecule has 1 aromatic rings. The van der Waals surface area contributed by atoms with Crippen molar-refractivity contribution in [2.75, 3.05) is 26.8 Å². The normalized spacial score (nSPS) is 16.3. The Labute approximate surface area is 122 Å². The third kappa shape index (κ3) is 4.01. The first-order chi connectivity index (χ1) is 10.1. The van der Waals surface area contributed by atoms with Crippen LogP contribution in [0.25, 0.3) is 0 Å². The minimum absolute atomic E-state index is 0.118. The summed E-state index contributed by atoms with van der Waals surface area (Å²) in [4.78, 5) is 22.0. The van der Waals surface area contributed by atoms with Gasteiger partial charge < -0.3 is 25.8 Å². The number of nitrogens with one attached hydrogen (secondary N) is 2. The summed E-state index contributed by atoms with van der Waals surface area (Å²) in [7, 11) is 1.61. The van der Waals surface area contributed by atoms with Crippen LogP contribution in [0.1, 0.15) is 5.56 Å². The number of ether oxygens (including phenoxy) is 2. The van der Waals surface area contributed by atoms with E-state index in [2.05, 4.69) is 10.6 Å². The molecule has 1 aliphatic heterocycles. The van der Waals surface area contributed by atoms with Crippen molar-refractivity contribution in [1.82, 2.24) is 10.6 Å². The zero-order chi connectivity index (χ0) is 15.2. The number of benzene rings is 1. The molecule has 0 saturated heterocycles. The number of amides is 3. The number of methoxy groups -OCH3 is 1. The number of carbonyl (C=O) groups excluding carboxylic acids is 2. The number of para-hydroxylation sites is 1. The molecule has 4 N–H and O–H groups in total. The number of urea groups is 1. The zero-order valence-electron chi connectivity index (χ0n) is 11.8. The maximum Gasteiger partial charge on any atom is 0.312 e. The first kappa shape index (κ1) is 15.0. The van der Waals surface area contributed by atoms with Gasteiger partial charge in [0, 0.05) is 12.5 Å². The van der Waals surface area contributed by atoms with E-state index in [0.717, 1.165) is 23.5 Å². The lowest BCUT2D eigenvalue weighted by Crippen LogP contribution is -2.42. The van der Waals surface area contributed by atoms with Gasteiger partial charge in [0.15, 0.2) is 11.5 Å². The van der Waals surface area contributed by atoms with Crippen LogP contribution in [0.4, 0.5) is 4.79 Å². The fourth-order valence-corrected chi connectivity index (χ4v) is 2.24. The van der Waals surface area contributed by atoms with E-state index in [0.29, 0.717) is 13.2 Å². The number of hydrogen-bond acceptors (Lipinski definition) is 4. The lowest BCUT2D eigenvalue weighted by molar-refractivity contribution is -0.120. The van der Waals surface area contributed by atoms with Crippen LogP contribution in [-0.2, 0) is 11.2 Å². The van der Waals surface area contributed by atoms with E-state index in [1.54, 1.807) is 7.11 Å². The Balaban J connectivity index is 1.85. The summed E-state index contributed by atoms with van der Waals surface area (Å²) in [6, 6.07) is 5.04. The summed E-state index contributed by atoms with van der Waals surface area (Å²) >= 11 is 0. The van der Waals surface area contributed by atoms with Crippen molar-refractivity contribution in [3.8, 4) is 11.5 Å². The number of nitrogens with two attached hydrogens (primary N) is 1. The highest BCUT2D eigenvalue weighted by Crippen LogP contribution is 2.35. The van der Waals surface area contributed by atoms with E-state index >= 15 is 0 Å². The van der Waals surface area contributed by atoms with Gasteiger partial charge in [-0.05, 0) is 18.1 Å². The Bertz CT molecular complexity index is 533. The number of fused-ring (bicyclic) bond motifs is 1. The van der Waals surface area contributed by atoms with Gasteiger partial charge in [-0.2, -0.15) is 0 Å². The molecule has 3 amide bonds. The average Bonchev–Trinajstić information content (AvgIpc) is 2.49. The van der Waals surface area contributed by atoms with Crippen LogP contribution in [0.3, 0.4) is 0 Å². The second kappa shape index (κ2) is 6.83. The number of carbonyl (C=O) groups is 2. The second-order valence-corrected chi connectivity index (χ2v) is 4.85. The predicted octanol–water partition coefficient (Wildman–Crippen LogP) is 0.0308. The molecule has 0 aliphatic carbocycles. The molecule has 0 radical (unpaired) electrons. The lowest BCUT2D eigenvalue weighted by Gasteiger charge is -2.26. The van der Waals surface area contributed by atoms with Crippen molar-refractivity contribution < 1.29 is 19.1 Å². The Morgan fingerprint density at radius 3 is 2.95 bits per heavy atom. The molecule has 1 atom stereocenters. The minimum Gasteiger partial charge on any atom is -0.493 e. The average molecular weight is 293 g/mol. The molecule has 7 heteroatoms. The molecule has 0 fully saturated rings. The Morgan fingerprint density at radius 2 is 2.24 bits per heavy atom. The van der Waals surface area contributed by atoms with Gasteiger partial charge in [-0.25, -0.2) is 4.79 Å². The van der Waals surface area contributed by atoms with Gasteiger partial charge in [0.25, 0.3) is 0 Å². The first-order valence-electron chi connectivity index (χ1n) is 6.69. The molecule has 21 heavy (non-hydrogen) atoms. The number of hydrogen-bond donors (Lipinski definition) is 3. The van der Waals surface area contributed by atoms with Gasteiger partial charge in [0.2, 0.25) is 5.91 Å². The van der Waals surface area contributed by atoms with E-state index in [4.69, 9.17) is 15.2 Å². The number of rotatable bonds is 5. The van der Waals surface area contributed by atoms with E-state index in [9.17, 15) is 9.59 Å². The summed E-state index contributed by atoms with van der Waals surface area (Å²) in [5.41, 5.74) is 5.96. The maximum atomic E-state index is 11.5. The summed E-state index contributed by atoms with van der Waals surface area (Å²) < 4.78 is 11.0. The SMILES string of the molecule is COc1cccc2c1OC[C@@H](CNC(=O)CNC(N)=O)C2. The Morgan fingerprint density at radius 1 is 1.43 bits per heavy atom. The highest BCUT2D eigenvalue weighted by molar-refractivity contribution is 5.83. The van der Waals surface area contributed by atoms with Crippen LogP contribution in [0.15, 0.2) is 18.2 Å². The van der Waals surface area contributed by atoms with E-state index < -0.39 is 6.03 Å². The van der Waals surface area contributed by atoms with E-state index in [-0.39, 0.29) is 18.4 Å². The van der Waals surface area contributed by atoms with Gasteiger partial charge in [-0.1, -0.05) is 12.1 Å². The van der Waals surface area contributed by atoms with Crippen LogP contribution in [0, 0.1) is 5.92 Å². The van der Waals surface area contributed by atoms with Crippen LogP contribution >= 0.6 is 0 Å². The molecule has 1 aliphatic rings. The summed E-state index contributed by atoms with van der Waals surface area (Å²) in [5, 5.41) is 4.99. The highest BCUT2D eigenvalue weighted by atomic mass is 16.5. The molecule has 1 aromatic carbocycles. The van der Waals surface area contributed by atoms with Crippen molar-refractivity contribution >= 4 is 11.9 Å². The molecule has 1 heterocycles. The predicted molar refractivity (Wildman–Crippen MR) is 76.3 cm³/mol. The first-order valence-corrected chi connectivity index (χ1v) is 6.69. The third-order valence-electron chi connectivity index (χ3n) is 3.26. The zero-order valence-corrected chi connectivity index (χ0v) is 11.8. The standard InChI is InChI=1S/C14H19N3O4/c1-20-11-4-2-3-10-5-9(8-21-13(10)11)6-16-12(18)7-17-14(15)19/h2-4,9H,5-8H2,1H3,(H,16,18)(H3,15,17,19)/t9-/m1/s1. The van der Waals surface area contributed by atoms with Crippen molar-refractivity contribution in [2.24, 2.45) is 11.7 Å². The van der Waals surface area contributed by atoms with E-state index in [1.807, 2.05) is 18.2 Å². The largest absolute Gasteiger partial charge is 0.493 e. The maximum absolute atomic E-state index is 11.5. The molecule has 114 valence electrons. The summed E-state index contributed by atoms with van der Waals surface area (Å²) in [6.45, 7) is 0.875. The lowest BCUT2D eigenvalue weighted by atomic mass is 9.96. The summed E-state index contributed by atoms with van der Waals surface area (Å²) in [6.07, 6.45) is 0.802. The molecule has 2 rings (SSSR count). The van der Waals surface area contributed by atoms with Crippen molar-refractivity contribution in [3.05, 3.63) is 23.8 Å². The second-order valence-electron chi connectivity index (χ2n) is 4.85.